The van der Waals surface area contributed by atoms with Crippen LogP contribution < -0.4 is 5.32 Å². The summed E-state index contributed by atoms with van der Waals surface area (Å²) in [4.78, 5) is 30.5. The third kappa shape index (κ3) is 3.36. The lowest BCUT2D eigenvalue weighted by molar-refractivity contribution is -0.133. The fourth-order valence-corrected chi connectivity index (χ4v) is 4.18. The van der Waals surface area contributed by atoms with Crippen LogP contribution in [0.25, 0.3) is 27.9 Å². The smallest absolute Gasteiger partial charge is 0.225 e. The first-order chi connectivity index (χ1) is 14.6. The highest BCUT2D eigenvalue weighted by atomic mass is 16.2. The van der Waals surface area contributed by atoms with Crippen LogP contribution in [0.1, 0.15) is 25.7 Å². The number of aromatic nitrogens is 6. The number of rotatable bonds is 4. The standard InChI is InChI=1S/C21H24N8O/c1-28(2)20(30)13-3-5-14(6-4-13)25-21-24-12-16-15(11-23-19(16)26-21)17-7-8-18-22-9-10-29(18)27-17/h7-14H,3-6H2,1-2H3,(H2,23,24,25,26)/t13-,14+. The lowest BCUT2D eigenvalue weighted by Crippen LogP contribution is -2.35. The first-order valence-electron chi connectivity index (χ1n) is 10.2. The Hall–Kier alpha value is -3.49. The van der Waals surface area contributed by atoms with Gasteiger partial charge >= 0.3 is 0 Å². The molecule has 154 valence electrons. The summed E-state index contributed by atoms with van der Waals surface area (Å²) in [7, 11) is 3.65. The Balaban J connectivity index is 1.31. The maximum atomic E-state index is 12.2. The molecule has 0 bridgehead atoms. The number of H-pyrrole nitrogens is 1. The largest absolute Gasteiger partial charge is 0.351 e. The van der Waals surface area contributed by atoms with Crippen molar-refractivity contribution in [2.75, 3.05) is 19.4 Å². The first kappa shape index (κ1) is 18.5. The molecule has 4 heterocycles. The highest BCUT2D eigenvalue weighted by Crippen LogP contribution is 2.29. The van der Waals surface area contributed by atoms with Crippen LogP contribution in [0.2, 0.25) is 0 Å². The quantitative estimate of drug-likeness (QED) is 0.542. The monoisotopic (exact) mass is 404 g/mol. The van der Waals surface area contributed by atoms with Gasteiger partial charge in [-0.1, -0.05) is 0 Å². The zero-order chi connectivity index (χ0) is 20.7. The van der Waals surface area contributed by atoms with E-state index in [0.29, 0.717) is 5.95 Å². The molecule has 0 unspecified atom stereocenters. The molecule has 0 spiro atoms. The molecule has 0 radical (unpaired) electrons. The fourth-order valence-electron chi connectivity index (χ4n) is 4.18. The van der Waals surface area contributed by atoms with E-state index in [1.165, 1.54) is 0 Å². The van der Waals surface area contributed by atoms with Gasteiger partial charge in [0.25, 0.3) is 0 Å². The number of imidazole rings is 1. The van der Waals surface area contributed by atoms with Gasteiger partial charge in [-0.15, -0.1) is 0 Å². The molecule has 0 atom stereocenters. The highest BCUT2D eigenvalue weighted by molar-refractivity contribution is 5.92. The summed E-state index contributed by atoms with van der Waals surface area (Å²) in [5.41, 5.74) is 3.37. The Morgan fingerprint density at radius 1 is 1.20 bits per heavy atom. The zero-order valence-corrected chi connectivity index (χ0v) is 17.0. The van der Waals surface area contributed by atoms with E-state index in [-0.39, 0.29) is 17.9 Å². The topological polar surface area (TPSA) is 104 Å². The number of anilines is 1. The molecule has 9 nitrogen and oxygen atoms in total. The number of amides is 1. The van der Waals surface area contributed by atoms with Gasteiger partial charge in [-0.05, 0) is 37.8 Å². The molecule has 4 aromatic heterocycles. The van der Waals surface area contributed by atoms with Gasteiger partial charge in [0.1, 0.15) is 5.65 Å². The normalized spacial score (nSPS) is 19.3. The molecule has 1 amide bonds. The van der Waals surface area contributed by atoms with Gasteiger partial charge in [-0.3, -0.25) is 4.79 Å². The van der Waals surface area contributed by atoms with Gasteiger partial charge in [0.15, 0.2) is 5.65 Å². The van der Waals surface area contributed by atoms with Gasteiger partial charge in [-0.2, -0.15) is 10.1 Å². The molecule has 30 heavy (non-hydrogen) atoms. The lowest BCUT2D eigenvalue weighted by Gasteiger charge is -2.29. The zero-order valence-electron chi connectivity index (χ0n) is 17.0. The Morgan fingerprint density at radius 2 is 2.03 bits per heavy atom. The molecule has 0 aliphatic heterocycles. The van der Waals surface area contributed by atoms with E-state index in [0.717, 1.165) is 53.6 Å². The fraction of sp³-hybridized carbons (Fsp3) is 0.381. The number of hydrogen-bond donors (Lipinski definition) is 2. The first-order valence-corrected chi connectivity index (χ1v) is 10.2. The molecule has 1 aliphatic carbocycles. The van der Waals surface area contributed by atoms with Crippen molar-refractivity contribution in [3.63, 3.8) is 0 Å². The third-order valence-electron chi connectivity index (χ3n) is 5.81. The summed E-state index contributed by atoms with van der Waals surface area (Å²) in [5, 5.41) is 8.97. The molecule has 5 rings (SSSR count). The SMILES string of the molecule is CN(C)C(=O)[C@H]1CC[C@@H](Nc2ncc3c(-c4ccc5nccn5n4)c[nH]c3n2)CC1. The van der Waals surface area contributed by atoms with Crippen LogP contribution in [0.15, 0.2) is 36.9 Å². The summed E-state index contributed by atoms with van der Waals surface area (Å²) < 4.78 is 1.75. The van der Waals surface area contributed by atoms with Crippen LogP contribution in [0, 0.1) is 5.92 Å². The summed E-state index contributed by atoms with van der Waals surface area (Å²) in [6.45, 7) is 0. The summed E-state index contributed by atoms with van der Waals surface area (Å²) in [6, 6.07) is 4.17. The van der Waals surface area contributed by atoms with E-state index in [1.54, 1.807) is 15.6 Å². The van der Waals surface area contributed by atoms with Crippen LogP contribution in [-0.2, 0) is 4.79 Å². The number of carbonyl (C=O) groups excluding carboxylic acids is 1. The number of carbonyl (C=O) groups is 1. The second-order valence-electron chi connectivity index (χ2n) is 8.03. The van der Waals surface area contributed by atoms with E-state index >= 15 is 0 Å². The number of nitrogens with one attached hydrogen (secondary N) is 2. The average Bonchev–Trinajstić information content (AvgIpc) is 3.39. The van der Waals surface area contributed by atoms with Crippen molar-refractivity contribution in [1.82, 2.24) is 34.4 Å². The third-order valence-corrected chi connectivity index (χ3v) is 5.81. The summed E-state index contributed by atoms with van der Waals surface area (Å²) in [5.74, 6) is 0.969. The molecule has 2 N–H and O–H groups in total. The predicted octanol–water partition coefficient (Wildman–Crippen LogP) is 2.73. The van der Waals surface area contributed by atoms with Gasteiger partial charge in [0, 0.05) is 61.8 Å². The van der Waals surface area contributed by atoms with Crippen molar-refractivity contribution in [3.8, 4) is 11.3 Å². The maximum Gasteiger partial charge on any atom is 0.225 e. The number of nitrogens with zero attached hydrogens (tertiary/aromatic N) is 6. The second kappa shape index (κ2) is 7.40. The van der Waals surface area contributed by atoms with E-state index in [4.69, 9.17) is 0 Å². The summed E-state index contributed by atoms with van der Waals surface area (Å²) in [6.07, 6.45) is 11.0. The molecular formula is C21H24N8O. The Morgan fingerprint density at radius 3 is 2.83 bits per heavy atom. The molecule has 1 aliphatic rings. The molecule has 9 heteroatoms. The van der Waals surface area contributed by atoms with Crippen LogP contribution in [0.5, 0.6) is 0 Å². The van der Waals surface area contributed by atoms with Crippen molar-refractivity contribution < 1.29 is 4.79 Å². The Bertz CT molecular complexity index is 1200. The minimum Gasteiger partial charge on any atom is -0.351 e. The van der Waals surface area contributed by atoms with E-state index in [2.05, 4.69) is 30.4 Å². The van der Waals surface area contributed by atoms with E-state index in [9.17, 15) is 4.79 Å². The van der Waals surface area contributed by atoms with Crippen molar-refractivity contribution in [1.29, 1.82) is 0 Å². The van der Waals surface area contributed by atoms with E-state index in [1.807, 2.05) is 44.8 Å². The van der Waals surface area contributed by atoms with Crippen molar-refractivity contribution in [2.24, 2.45) is 5.92 Å². The van der Waals surface area contributed by atoms with Crippen LogP contribution >= 0.6 is 0 Å². The molecule has 0 saturated heterocycles. The van der Waals surface area contributed by atoms with Gasteiger partial charge < -0.3 is 15.2 Å². The minimum atomic E-state index is 0.132. The molecular weight excluding hydrogens is 380 g/mol. The molecule has 1 fully saturated rings. The van der Waals surface area contributed by atoms with E-state index < -0.39 is 0 Å². The molecule has 1 saturated carbocycles. The maximum absolute atomic E-state index is 12.2. The number of aromatic amines is 1. The Kier molecular flexibility index (Phi) is 4.57. The highest BCUT2D eigenvalue weighted by Gasteiger charge is 2.27. The van der Waals surface area contributed by atoms with Gasteiger partial charge in [0.2, 0.25) is 11.9 Å². The Labute approximate surface area is 173 Å². The average molecular weight is 404 g/mol. The predicted molar refractivity (Wildman–Crippen MR) is 114 cm³/mol. The number of hydrogen-bond acceptors (Lipinski definition) is 6. The summed E-state index contributed by atoms with van der Waals surface area (Å²) >= 11 is 0. The van der Waals surface area contributed by atoms with Crippen LogP contribution in [-0.4, -0.2) is 60.5 Å². The lowest BCUT2D eigenvalue weighted by atomic mass is 9.85. The minimum absolute atomic E-state index is 0.132. The van der Waals surface area contributed by atoms with Crippen LogP contribution in [0.4, 0.5) is 5.95 Å². The molecule has 0 aromatic carbocycles. The van der Waals surface area contributed by atoms with Gasteiger partial charge in [-0.25, -0.2) is 14.5 Å². The van der Waals surface area contributed by atoms with Crippen LogP contribution in [0.3, 0.4) is 0 Å². The van der Waals surface area contributed by atoms with Crippen molar-refractivity contribution in [3.05, 3.63) is 36.9 Å². The van der Waals surface area contributed by atoms with Crippen molar-refractivity contribution in [2.45, 2.75) is 31.7 Å². The second-order valence-corrected chi connectivity index (χ2v) is 8.03. The number of fused-ring (bicyclic) bond motifs is 2. The van der Waals surface area contributed by atoms with Gasteiger partial charge in [0.05, 0.1) is 5.69 Å². The molecule has 4 aromatic rings. The van der Waals surface area contributed by atoms with Crippen molar-refractivity contribution >= 4 is 28.5 Å².